The SMILES string of the molecule is Cl.Cl.NC1(C(=O)Nc2cccc(CN3CCC(CO)CC3)c2)CCCC1. The van der Waals surface area contributed by atoms with Crippen molar-refractivity contribution in [3.05, 3.63) is 29.8 Å². The number of benzene rings is 1. The Morgan fingerprint density at radius 1 is 1.23 bits per heavy atom. The molecule has 0 spiro atoms. The van der Waals surface area contributed by atoms with Crippen molar-refractivity contribution in [1.82, 2.24) is 4.90 Å². The van der Waals surface area contributed by atoms with Gasteiger partial charge in [0.2, 0.25) is 5.91 Å². The Bertz CT molecular complexity index is 572. The van der Waals surface area contributed by atoms with Gasteiger partial charge in [-0.3, -0.25) is 9.69 Å². The fourth-order valence-corrected chi connectivity index (χ4v) is 3.82. The van der Waals surface area contributed by atoms with Gasteiger partial charge in [-0.1, -0.05) is 25.0 Å². The summed E-state index contributed by atoms with van der Waals surface area (Å²) >= 11 is 0. The number of nitrogens with one attached hydrogen (secondary N) is 1. The first kappa shape index (κ1) is 23.2. The van der Waals surface area contributed by atoms with Gasteiger partial charge in [-0.25, -0.2) is 0 Å². The summed E-state index contributed by atoms with van der Waals surface area (Å²) in [7, 11) is 0. The maximum Gasteiger partial charge on any atom is 0.244 e. The molecule has 26 heavy (non-hydrogen) atoms. The van der Waals surface area contributed by atoms with E-state index in [0.717, 1.165) is 63.8 Å². The number of rotatable bonds is 5. The van der Waals surface area contributed by atoms with Gasteiger partial charge < -0.3 is 16.2 Å². The van der Waals surface area contributed by atoms with Crippen LogP contribution in [-0.2, 0) is 11.3 Å². The molecule has 1 saturated heterocycles. The minimum Gasteiger partial charge on any atom is -0.396 e. The Balaban J connectivity index is 0.00000169. The highest BCUT2D eigenvalue weighted by atomic mass is 35.5. The average molecular weight is 404 g/mol. The van der Waals surface area contributed by atoms with Crippen LogP contribution in [0.4, 0.5) is 5.69 Å². The summed E-state index contributed by atoms with van der Waals surface area (Å²) in [4.78, 5) is 14.8. The molecule has 0 unspecified atom stereocenters. The second-order valence-corrected chi connectivity index (χ2v) is 7.42. The summed E-state index contributed by atoms with van der Waals surface area (Å²) in [5.74, 6) is 0.403. The molecule has 3 rings (SSSR count). The smallest absolute Gasteiger partial charge is 0.244 e. The molecule has 1 heterocycles. The highest BCUT2D eigenvalue weighted by Gasteiger charge is 2.36. The lowest BCUT2D eigenvalue weighted by Crippen LogP contribution is -2.48. The fraction of sp³-hybridized carbons (Fsp3) is 0.632. The fourth-order valence-electron chi connectivity index (χ4n) is 3.82. The predicted molar refractivity (Wildman–Crippen MR) is 110 cm³/mol. The number of likely N-dealkylation sites (tertiary alicyclic amines) is 1. The highest BCUT2D eigenvalue weighted by Crippen LogP contribution is 2.28. The van der Waals surface area contributed by atoms with Crippen molar-refractivity contribution in [3.8, 4) is 0 Å². The summed E-state index contributed by atoms with van der Waals surface area (Å²) in [6.45, 7) is 3.23. The van der Waals surface area contributed by atoms with Crippen LogP contribution < -0.4 is 11.1 Å². The van der Waals surface area contributed by atoms with Crippen molar-refractivity contribution >= 4 is 36.4 Å². The van der Waals surface area contributed by atoms with Gasteiger partial charge in [0.15, 0.2) is 0 Å². The van der Waals surface area contributed by atoms with Crippen molar-refractivity contribution in [2.45, 2.75) is 50.6 Å². The van der Waals surface area contributed by atoms with Crippen LogP contribution in [0.25, 0.3) is 0 Å². The molecule has 1 aromatic rings. The zero-order chi connectivity index (χ0) is 17.0. The quantitative estimate of drug-likeness (QED) is 0.705. The van der Waals surface area contributed by atoms with Crippen molar-refractivity contribution in [2.75, 3.05) is 25.0 Å². The molecule has 0 bridgehead atoms. The zero-order valence-electron chi connectivity index (χ0n) is 15.2. The molecule has 5 nitrogen and oxygen atoms in total. The van der Waals surface area contributed by atoms with E-state index in [-0.39, 0.29) is 30.7 Å². The van der Waals surface area contributed by atoms with Crippen molar-refractivity contribution in [3.63, 3.8) is 0 Å². The molecule has 1 aromatic carbocycles. The first-order chi connectivity index (χ1) is 11.6. The van der Waals surface area contributed by atoms with E-state index in [1.807, 2.05) is 18.2 Å². The molecule has 2 aliphatic rings. The predicted octanol–water partition coefficient (Wildman–Crippen LogP) is 2.94. The highest BCUT2D eigenvalue weighted by molar-refractivity contribution is 5.98. The number of nitrogens with zero attached hydrogens (tertiary/aromatic N) is 1. The van der Waals surface area contributed by atoms with Crippen molar-refractivity contribution < 1.29 is 9.90 Å². The van der Waals surface area contributed by atoms with Gasteiger partial charge in [-0.2, -0.15) is 0 Å². The Labute approximate surface area is 168 Å². The standard InChI is InChI=1S/C19H29N3O2.2ClH/c20-19(8-1-2-9-19)18(24)21-17-5-3-4-16(12-17)13-22-10-6-15(14-23)7-11-22;;/h3-5,12,15,23H,1-2,6-11,13-14,20H2,(H,21,24);2*1H. The number of carbonyl (C=O) groups is 1. The van der Waals surface area contributed by atoms with E-state index in [1.165, 1.54) is 5.56 Å². The van der Waals surface area contributed by atoms with Crippen LogP contribution in [-0.4, -0.2) is 41.1 Å². The lowest BCUT2D eigenvalue weighted by Gasteiger charge is -2.31. The van der Waals surface area contributed by atoms with Gasteiger partial charge in [0.25, 0.3) is 0 Å². The topological polar surface area (TPSA) is 78.6 Å². The van der Waals surface area contributed by atoms with E-state index in [1.54, 1.807) is 0 Å². The molecule has 0 radical (unpaired) electrons. The number of hydrogen-bond acceptors (Lipinski definition) is 4. The maximum absolute atomic E-state index is 12.4. The number of carbonyl (C=O) groups excluding carboxylic acids is 1. The monoisotopic (exact) mass is 403 g/mol. The number of piperidine rings is 1. The second-order valence-electron chi connectivity index (χ2n) is 7.42. The van der Waals surface area contributed by atoms with Crippen LogP contribution in [0.5, 0.6) is 0 Å². The summed E-state index contributed by atoms with van der Waals surface area (Å²) in [6.07, 6.45) is 5.74. The van der Waals surface area contributed by atoms with E-state index >= 15 is 0 Å². The molecule has 4 N–H and O–H groups in total. The molecule has 0 aromatic heterocycles. The molecular weight excluding hydrogens is 373 g/mol. The normalized spacial score (nSPS) is 20.1. The molecule has 148 valence electrons. The largest absolute Gasteiger partial charge is 0.396 e. The minimum atomic E-state index is -0.692. The van der Waals surface area contributed by atoms with E-state index in [9.17, 15) is 9.90 Å². The molecule has 1 aliphatic carbocycles. The van der Waals surface area contributed by atoms with E-state index < -0.39 is 5.54 Å². The van der Waals surface area contributed by atoms with Gasteiger partial charge in [0.1, 0.15) is 0 Å². The second kappa shape index (κ2) is 10.5. The Kier molecular flexibility index (Phi) is 9.34. The van der Waals surface area contributed by atoms with Crippen LogP contribution in [0.15, 0.2) is 24.3 Å². The lowest BCUT2D eigenvalue weighted by atomic mass is 9.97. The molecule has 2 fully saturated rings. The van der Waals surface area contributed by atoms with Crippen LogP contribution in [0.3, 0.4) is 0 Å². The van der Waals surface area contributed by atoms with E-state index in [4.69, 9.17) is 5.73 Å². The first-order valence-corrected chi connectivity index (χ1v) is 9.11. The van der Waals surface area contributed by atoms with E-state index in [0.29, 0.717) is 12.5 Å². The van der Waals surface area contributed by atoms with Gasteiger partial charge >= 0.3 is 0 Å². The Morgan fingerprint density at radius 3 is 2.50 bits per heavy atom. The first-order valence-electron chi connectivity index (χ1n) is 9.11. The van der Waals surface area contributed by atoms with Gasteiger partial charge in [-0.15, -0.1) is 24.8 Å². The Hall–Kier alpha value is -0.850. The summed E-state index contributed by atoms with van der Waals surface area (Å²) in [6, 6.07) is 8.07. The minimum absolute atomic E-state index is 0. The van der Waals surface area contributed by atoms with Crippen LogP contribution in [0.1, 0.15) is 44.1 Å². The Morgan fingerprint density at radius 2 is 1.88 bits per heavy atom. The molecule has 1 saturated carbocycles. The molecule has 7 heteroatoms. The third-order valence-electron chi connectivity index (χ3n) is 5.50. The number of aliphatic hydroxyl groups excluding tert-OH is 1. The summed E-state index contributed by atoms with van der Waals surface area (Å²) in [5.41, 5.74) is 7.57. The van der Waals surface area contributed by atoms with Gasteiger partial charge in [0.05, 0.1) is 5.54 Å². The maximum atomic E-state index is 12.4. The third-order valence-corrected chi connectivity index (χ3v) is 5.50. The van der Waals surface area contributed by atoms with Crippen molar-refractivity contribution in [2.24, 2.45) is 11.7 Å². The number of nitrogens with two attached hydrogens (primary N) is 1. The van der Waals surface area contributed by atoms with Crippen LogP contribution in [0, 0.1) is 5.92 Å². The van der Waals surface area contributed by atoms with E-state index in [2.05, 4.69) is 16.3 Å². The molecule has 1 amide bonds. The molecular formula is C19H31Cl2N3O2. The zero-order valence-corrected chi connectivity index (χ0v) is 16.8. The summed E-state index contributed by atoms with van der Waals surface area (Å²) < 4.78 is 0. The van der Waals surface area contributed by atoms with Crippen LogP contribution in [0.2, 0.25) is 0 Å². The number of halogens is 2. The molecule has 0 atom stereocenters. The number of hydrogen-bond donors (Lipinski definition) is 3. The van der Waals surface area contributed by atoms with Gasteiger partial charge in [0, 0.05) is 18.8 Å². The van der Waals surface area contributed by atoms with Crippen LogP contribution >= 0.6 is 24.8 Å². The molecule has 1 aliphatic heterocycles. The third kappa shape index (κ3) is 5.83. The average Bonchev–Trinajstić information content (AvgIpc) is 3.04. The number of aliphatic hydroxyl groups is 1. The number of anilines is 1. The summed E-state index contributed by atoms with van der Waals surface area (Å²) in [5, 5.41) is 12.2. The van der Waals surface area contributed by atoms with Gasteiger partial charge in [-0.05, 0) is 62.4 Å². The lowest BCUT2D eigenvalue weighted by molar-refractivity contribution is -0.121. The number of amides is 1. The van der Waals surface area contributed by atoms with Crippen molar-refractivity contribution in [1.29, 1.82) is 0 Å².